The molecule has 1 aromatic heterocycles. The van der Waals surface area contributed by atoms with Crippen LogP contribution >= 0.6 is 15.9 Å². The Morgan fingerprint density at radius 1 is 1.47 bits per heavy atom. The number of furan rings is 1. The van der Waals surface area contributed by atoms with Crippen molar-refractivity contribution in [3.8, 4) is 0 Å². The topological polar surface area (TPSA) is 126 Å². The Labute approximate surface area is 117 Å². The van der Waals surface area contributed by atoms with Gasteiger partial charge in [-0.2, -0.15) is 0 Å². The average Bonchev–Trinajstić information content (AvgIpc) is 2.72. The fraction of sp³-hybridized carbons (Fsp3) is 0.444. The molecule has 0 spiro atoms. The predicted molar refractivity (Wildman–Crippen MR) is 66.5 cm³/mol. The van der Waals surface area contributed by atoms with Crippen LogP contribution in [0.3, 0.4) is 0 Å². The Morgan fingerprint density at radius 2 is 2.16 bits per heavy atom. The SMILES string of the molecule is O=C(O)c1cc(S(=O)(=O)NCCOCCO)c(Br)o1. The van der Waals surface area contributed by atoms with Crippen molar-refractivity contribution in [2.45, 2.75) is 4.90 Å². The number of hydrogen-bond acceptors (Lipinski definition) is 6. The van der Waals surface area contributed by atoms with Crippen LogP contribution in [-0.2, 0) is 14.8 Å². The van der Waals surface area contributed by atoms with Gasteiger partial charge in [-0.25, -0.2) is 17.9 Å². The van der Waals surface area contributed by atoms with E-state index in [0.29, 0.717) is 0 Å². The molecular formula is C9H12BrNO7S. The molecule has 0 fully saturated rings. The normalized spacial score (nSPS) is 11.7. The van der Waals surface area contributed by atoms with Gasteiger partial charge < -0.3 is 19.4 Å². The summed E-state index contributed by atoms with van der Waals surface area (Å²) in [5.74, 6) is -1.85. The molecule has 3 N–H and O–H groups in total. The molecule has 8 nitrogen and oxygen atoms in total. The van der Waals surface area contributed by atoms with E-state index in [9.17, 15) is 13.2 Å². The highest BCUT2D eigenvalue weighted by Crippen LogP contribution is 2.25. The second-order valence-corrected chi connectivity index (χ2v) is 5.74. The zero-order chi connectivity index (χ0) is 14.5. The third-order valence-corrected chi connectivity index (χ3v) is 4.25. The summed E-state index contributed by atoms with van der Waals surface area (Å²) in [6.45, 7) is 0.0334. The molecular weight excluding hydrogens is 346 g/mol. The van der Waals surface area contributed by atoms with Crippen molar-refractivity contribution in [2.75, 3.05) is 26.4 Å². The molecule has 0 aliphatic heterocycles. The first-order valence-corrected chi connectivity index (χ1v) is 7.37. The van der Waals surface area contributed by atoms with Crippen molar-refractivity contribution in [1.29, 1.82) is 0 Å². The number of aromatic carboxylic acids is 1. The second kappa shape index (κ2) is 7.01. The van der Waals surface area contributed by atoms with Gasteiger partial charge in [0.2, 0.25) is 15.8 Å². The summed E-state index contributed by atoms with van der Waals surface area (Å²) in [4.78, 5) is 10.4. The molecule has 0 aliphatic rings. The van der Waals surface area contributed by atoms with E-state index in [1.54, 1.807) is 0 Å². The highest BCUT2D eigenvalue weighted by Gasteiger charge is 2.24. The summed E-state index contributed by atoms with van der Waals surface area (Å²) in [5, 5.41) is 17.1. The minimum atomic E-state index is -3.89. The van der Waals surface area contributed by atoms with Crippen molar-refractivity contribution in [3.63, 3.8) is 0 Å². The summed E-state index contributed by atoms with van der Waals surface area (Å²) in [6.07, 6.45) is 0. The molecule has 0 saturated heterocycles. The fourth-order valence-corrected chi connectivity index (χ4v) is 3.08. The molecule has 0 saturated carbocycles. The van der Waals surface area contributed by atoms with Gasteiger partial charge in [0.05, 0.1) is 19.8 Å². The molecule has 0 amide bonds. The van der Waals surface area contributed by atoms with Gasteiger partial charge >= 0.3 is 5.97 Å². The second-order valence-electron chi connectivity index (χ2n) is 3.29. The Morgan fingerprint density at radius 3 is 2.68 bits per heavy atom. The Bertz CT molecular complexity index is 539. The number of rotatable bonds is 8. The van der Waals surface area contributed by atoms with Crippen LogP contribution in [0.4, 0.5) is 0 Å². The summed E-state index contributed by atoms with van der Waals surface area (Å²) < 4.78 is 35.3. The molecule has 1 heterocycles. The van der Waals surface area contributed by atoms with Crippen molar-refractivity contribution in [1.82, 2.24) is 4.72 Å². The van der Waals surface area contributed by atoms with Crippen LogP contribution < -0.4 is 4.72 Å². The zero-order valence-corrected chi connectivity index (χ0v) is 12.0. The van der Waals surface area contributed by atoms with Gasteiger partial charge in [0.1, 0.15) is 4.90 Å². The molecule has 1 rings (SSSR count). The van der Waals surface area contributed by atoms with Crippen molar-refractivity contribution < 1.29 is 32.6 Å². The van der Waals surface area contributed by atoms with Gasteiger partial charge in [0.25, 0.3) is 0 Å². The molecule has 0 unspecified atom stereocenters. The number of sulfonamides is 1. The molecule has 1 aromatic rings. The maximum atomic E-state index is 11.8. The summed E-state index contributed by atoms with van der Waals surface area (Å²) in [7, 11) is -3.89. The van der Waals surface area contributed by atoms with Crippen LogP contribution in [0.5, 0.6) is 0 Å². The van der Waals surface area contributed by atoms with Crippen LogP contribution in [0.2, 0.25) is 0 Å². The van der Waals surface area contributed by atoms with E-state index in [-0.39, 0.29) is 35.9 Å². The molecule has 19 heavy (non-hydrogen) atoms. The number of nitrogens with one attached hydrogen (secondary N) is 1. The number of hydrogen-bond donors (Lipinski definition) is 3. The molecule has 108 valence electrons. The zero-order valence-electron chi connectivity index (χ0n) is 9.63. The lowest BCUT2D eigenvalue weighted by Crippen LogP contribution is -2.27. The third kappa shape index (κ3) is 4.58. The van der Waals surface area contributed by atoms with Crippen molar-refractivity contribution in [3.05, 3.63) is 16.5 Å². The molecule has 0 bridgehead atoms. The van der Waals surface area contributed by atoms with E-state index >= 15 is 0 Å². The van der Waals surface area contributed by atoms with E-state index in [1.165, 1.54) is 0 Å². The fourth-order valence-electron chi connectivity index (χ4n) is 1.13. The monoisotopic (exact) mass is 357 g/mol. The van der Waals surface area contributed by atoms with Crippen LogP contribution in [-0.4, -0.2) is 51.0 Å². The number of carbonyl (C=O) groups is 1. The van der Waals surface area contributed by atoms with E-state index < -0.39 is 21.8 Å². The van der Waals surface area contributed by atoms with Gasteiger partial charge in [-0.05, 0) is 15.9 Å². The molecule has 0 atom stereocenters. The molecule has 10 heteroatoms. The van der Waals surface area contributed by atoms with Gasteiger partial charge in [0.15, 0.2) is 4.67 Å². The third-order valence-electron chi connectivity index (χ3n) is 1.93. The number of aliphatic hydroxyl groups is 1. The van der Waals surface area contributed by atoms with E-state index in [0.717, 1.165) is 6.07 Å². The van der Waals surface area contributed by atoms with Crippen molar-refractivity contribution >= 4 is 31.9 Å². The maximum Gasteiger partial charge on any atom is 0.371 e. The minimum absolute atomic E-state index is 0.0115. The highest BCUT2D eigenvalue weighted by atomic mass is 79.9. The van der Waals surface area contributed by atoms with Crippen LogP contribution in [0, 0.1) is 0 Å². The Kier molecular flexibility index (Phi) is 5.94. The largest absolute Gasteiger partial charge is 0.475 e. The lowest BCUT2D eigenvalue weighted by atomic mass is 10.5. The first-order chi connectivity index (χ1) is 8.88. The molecule has 0 aromatic carbocycles. The standard InChI is InChI=1S/C9H12BrNO7S/c10-8-7(5-6(18-8)9(13)14)19(15,16)11-1-3-17-4-2-12/h5,11-12H,1-4H2,(H,13,14). The smallest absolute Gasteiger partial charge is 0.371 e. The molecule has 0 aliphatic carbocycles. The van der Waals surface area contributed by atoms with E-state index in [4.69, 9.17) is 19.4 Å². The van der Waals surface area contributed by atoms with E-state index in [1.807, 2.05) is 0 Å². The Hall–Kier alpha value is -0.940. The van der Waals surface area contributed by atoms with Crippen molar-refractivity contribution in [2.24, 2.45) is 0 Å². The van der Waals surface area contributed by atoms with Crippen LogP contribution in [0.15, 0.2) is 20.0 Å². The summed E-state index contributed by atoms with van der Waals surface area (Å²) in [6, 6.07) is 0.906. The van der Waals surface area contributed by atoms with E-state index in [2.05, 4.69) is 20.7 Å². The summed E-state index contributed by atoms with van der Waals surface area (Å²) >= 11 is 2.84. The quantitative estimate of drug-likeness (QED) is 0.560. The lowest BCUT2D eigenvalue weighted by Gasteiger charge is -2.05. The first kappa shape index (κ1) is 16.1. The van der Waals surface area contributed by atoms with Gasteiger partial charge in [-0.1, -0.05) is 0 Å². The number of halogens is 1. The Balaban J connectivity index is 2.69. The number of ether oxygens (including phenoxy) is 1. The minimum Gasteiger partial charge on any atom is -0.475 e. The number of carboxylic acids is 1. The maximum absolute atomic E-state index is 11.8. The number of aliphatic hydroxyl groups excluding tert-OH is 1. The van der Waals surface area contributed by atoms with Crippen LogP contribution in [0.1, 0.15) is 10.6 Å². The van der Waals surface area contributed by atoms with Gasteiger partial charge in [-0.3, -0.25) is 0 Å². The summed E-state index contributed by atoms with van der Waals surface area (Å²) in [5.41, 5.74) is 0. The first-order valence-electron chi connectivity index (χ1n) is 5.09. The number of carboxylic acid groups (broad SMARTS) is 1. The van der Waals surface area contributed by atoms with Crippen LogP contribution in [0.25, 0.3) is 0 Å². The van der Waals surface area contributed by atoms with Gasteiger partial charge in [-0.15, -0.1) is 0 Å². The van der Waals surface area contributed by atoms with Gasteiger partial charge in [0, 0.05) is 12.6 Å². The average molecular weight is 358 g/mol. The predicted octanol–water partition coefficient (Wildman–Crippen LogP) is 0.0275. The highest BCUT2D eigenvalue weighted by molar-refractivity contribution is 9.10. The molecule has 0 radical (unpaired) electrons. The lowest BCUT2D eigenvalue weighted by molar-refractivity contribution is 0.0661.